The molecule has 0 aliphatic carbocycles. The summed E-state index contributed by atoms with van der Waals surface area (Å²) in [6.07, 6.45) is 1.65. The molecule has 0 spiro atoms. The van der Waals surface area contributed by atoms with Crippen LogP contribution in [-0.2, 0) is 11.3 Å². The first-order chi connectivity index (χ1) is 13.6. The smallest absolute Gasteiger partial charge is 0.255 e. The minimum atomic E-state index is -0.221. The number of anilines is 1. The molecule has 1 aliphatic heterocycles. The summed E-state index contributed by atoms with van der Waals surface area (Å²) >= 11 is 8.78. The summed E-state index contributed by atoms with van der Waals surface area (Å²) in [5, 5.41) is 5.60. The van der Waals surface area contributed by atoms with Gasteiger partial charge in [-0.25, -0.2) is 4.98 Å². The van der Waals surface area contributed by atoms with Crippen LogP contribution in [0.2, 0.25) is 5.02 Å². The number of hydrogen-bond donors (Lipinski definition) is 1. The Balaban J connectivity index is 1.51. The Labute approximate surface area is 175 Å². The molecule has 3 aromatic rings. The third-order valence-electron chi connectivity index (χ3n) is 4.32. The van der Waals surface area contributed by atoms with Gasteiger partial charge in [0.2, 0.25) is 5.91 Å². The van der Waals surface area contributed by atoms with Crippen LogP contribution in [0.4, 0.5) is 5.13 Å². The second-order valence-corrected chi connectivity index (χ2v) is 8.60. The molecule has 2 aromatic carbocycles. The zero-order valence-electron chi connectivity index (χ0n) is 14.7. The number of thioether (sulfide) groups is 1. The van der Waals surface area contributed by atoms with Gasteiger partial charge >= 0.3 is 0 Å². The van der Waals surface area contributed by atoms with Gasteiger partial charge in [0.1, 0.15) is 5.37 Å². The van der Waals surface area contributed by atoms with Crippen LogP contribution in [0.15, 0.2) is 60.1 Å². The number of rotatable bonds is 6. The maximum absolute atomic E-state index is 13.0. The Bertz CT molecular complexity index is 993. The number of amides is 2. The van der Waals surface area contributed by atoms with Gasteiger partial charge in [-0.05, 0) is 29.3 Å². The maximum atomic E-state index is 13.0. The van der Waals surface area contributed by atoms with Crippen LogP contribution in [0.1, 0.15) is 26.9 Å². The molecule has 0 bridgehead atoms. The molecule has 0 fully saturated rings. The van der Waals surface area contributed by atoms with E-state index in [-0.39, 0.29) is 22.9 Å². The first-order valence-electron chi connectivity index (χ1n) is 8.57. The lowest BCUT2D eigenvalue weighted by molar-refractivity contribution is -0.113. The lowest BCUT2D eigenvalue weighted by Gasteiger charge is -2.25. The van der Waals surface area contributed by atoms with Crippen LogP contribution in [0.5, 0.6) is 0 Å². The highest BCUT2D eigenvalue weighted by atomic mass is 35.5. The number of hydrogen-bond acceptors (Lipinski definition) is 5. The number of halogens is 1. The number of nitrogens with zero attached hydrogens (tertiary/aromatic N) is 2. The predicted molar refractivity (Wildman–Crippen MR) is 114 cm³/mol. The van der Waals surface area contributed by atoms with E-state index in [1.165, 1.54) is 23.1 Å². The summed E-state index contributed by atoms with van der Waals surface area (Å²) < 4.78 is 0. The third-order valence-corrected chi connectivity index (χ3v) is 6.51. The second-order valence-electron chi connectivity index (χ2n) is 6.20. The molecule has 5 nitrogen and oxygen atoms in total. The van der Waals surface area contributed by atoms with Crippen molar-refractivity contribution in [3.8, 4) is 0 Å². The van der Waals surface area contributed by atoms with E-state index in [9.17, 15) is 9.59 Å². The average Bonchev–Trinajstić information content (AvgIpc) is 3.29. The summed E-state index contributed by atoms with van der Waals surface area (Å²) in [7, 11) is 0. The Morgan fingerprint density at radius 2 is 2.00 bits per heavy atom. The molecule has 8 heteroatoms. The highest BCUT2D eigenvalue weighted by molar-refractivity contribution is 8.00. The third kappa shape index (κ3) is 4.06. The van der Waals surface area contributed by atoms with E-state index in [0.717, 1.165) is 11.1 Å². The van der Waals surface area contributed by atoms with Crippen molar-refractivity contribution in [2.75, 3.05) is 11.1 Å². The van der Waals surface area contributed by atoms with Crippen molar-refractivity contribution < 1.29 is 9.59 Å². The Hall–Kier alpha value is -2.35. The minimum Gasteiger partial charge on any atom is -0.318 e. The molecular formula is C20H16ClN3O2S2. The van der Waals surface area contributed by atoms with Crippen LogP contribution < -0.4 is 5.32 Å². The molecule has 0 radical (unpaired) electrons. The van der Waals surface area contributed by atoms with E-state index in [2.05, 4.69) is 10.3 Å². The van der Waals surface area contributed by atoms with Crippen molar-refractivity contribution in [3.63, 3.8) is 0 Å². The van der Waals surface area contributed by atoms with Gasteiger partial charge < -0.3 is 10.2 Å². The standard InChI is InChI=1S/C20H16ClN3O2S2/c21-14-7-5-13(6-8-14)11-24-18(26)15-3-1-2-4-16(15)19(24)28-12-17(25)23-20-22-9-10-27-20/h1-10,19H,11-12H2,(H,22,23,25). The Morgan fingerprint density at radius 3 is 2.75 bits per heavy atom. The molecule has 28 heavy (non-hydrogen) atoms. The van der Waals surface area contributed by atoms with E-state index < -0.39 is 0 Å². The van der Waals surface area contributed by atoms with Gasteiger partial charge in [0, 0.05) is 28.7 Å². The molecule has 1 unspecified atom stereocenters. The second kappa shape index (κ2) is 8.34. The number of aromatic nitrogens is 1. The Kier molecular flexibility index (Phi) is 5.66. The molecule has 1 aliphatic rings. The summed E-state index contributed by atoms with van der Waals surface area (Å²) in [4.78, 5) is 31.1. The molecule has 0 saturated heterocycles. The van der Waals surface area contributed by atoms with Crippen molar-refractivity contribution in [1.82, 2.24) is 9.88 Å². The molecule has 0 saturated carbocycles. The summed E-state index contributed by atoms with van der Waals surface area (Å²) in [5.74, 6) is 0.0646. The monoisotopic (exact) mass is 429 g/mol. The zero-order chi connectivity index (χ0) is 19.5. The predicted octanol–water partition coefficient (Wildman–Crippen LogP) is 4.82. The van der Waals surface area contributed by atoms with Gasteiger partial charge in [0.25, 0.3) is 5.91 Å². The number of fused-ring (bicyclic) bond motifs is 1. The zero-order valence-corrected chi connectivity index (χ0v) is 17.1. The van der Waals surface area contributed by atoms with Gasteiger partial charge in [-0.15, -0.1) is 23.1 Å². The van der Waals surface area contributed by atoms with E-state index in [1.807, 2.05) is 53.9 Å². The van der Waals surface area contributed by atoms with Crippen LogP contribution in [0.25, 0.3) is 0 Å². The van der Waals surface area contributed by atoms with Gasteiger partial charge in [-0.3, -0.25) is 9.59 Å². The van der Waals surface area contributed by atoms with Crippen LogP contribution in [0.3, 0.4) is 0 Å². The summed E-state index contributed by atoms with van der Waals surface area (Å²) in [6, 6.07) is 15.0. The van der Waals surface area contributed by atoms with Gasteiger partial charge in [0.15, 0.2) is 5.13 Å². The number of thiazole rings is 1. The minimum absolute atomic E-state index is 0.0246. The molecular weight excluding hydrogens is 414 g/mol. The van der Waals surface area contributed by atoms with E-state index >= 15 is 0 Å². The molecule has 2 amide bonds. The maximum Gasteiger partial charge on any atom is 0.255 e. The summed E-state index contributed by atoms with van der Waals surface area (Å²) in [5.41, 5.74) is 2.62. The topological polar surface area (TPSA) is 62.3 Å². The van der Waals surface area contributed by atoms with Gasteiger partial charge in [-0.2, -0.15) is 0 Å². The molecule has 142 valence electrons. The first-order valence-corrected chi connectivity index (χ1v) is 10.9. The number of benzene rings is 2. The SMILES string of the molecule is O=C(CSC1c2ccccc2C(=O)N1Cc1ccc(Cl)cc1)Nc1nccs1. The van der Waals surface area contributed by atoms with E-state index in [4.69, 9.17) is 11.6 Å². The average molecular weight is 430 g/mol. The Morgan fingerprint density at radius 1 is 1.21 bits per heavy atom. The molecule has 1 aromatic heterocycles. The van der Waals surface area contributed by atoms with Gasteiger partial charge in [0.05, 0.1) is 5.75 Å². The van der Waals surface area contributed by atoms with Crippen LogP contribution in [-0.4, -0.2) is 27.5 Å². The quantitative estimate of drug-likeness (QED) is 0.610. The highest BCUT2D eigenvalue weighted by Gasteiger charge is 2.37. The van der Waals surface area contributed by atoms with Gasteiger partial charge in [-0.1, -0.05) is 41.9 Å². The largest absolute Gasteiger partial charge is 0.318 e. The normalized spacial score (nSPS) is 15.5. The van der Waals surface area contributed by atoms with E-state index in [1.54, 1.807) is 11.1 Å². The first kappa shape index (κ1) is 19.0. The molecule has 1 N–H and O–H groups in total. The number of carbonyl (C=O) groups is 2. The van der Waals surface area contributed by atoms with Crippen LogP contribution in [0, 0.1) is 0 Å². The van der Waals surface area contributed by atoms with Crippen molar-refractivity contribution >= 4 is 51.6 Å². The van der Waals surface area contributed by atoms with Crippen molar-refractivity contribution in [1.29, 1.82) is 0 Å². The highest BCUT2D eigenvalue weighted by Crippen LogP contribution is 2.42. The van der Waals surface area contributed by atoms with Crippen LogP contribution >= 0.6 is 34.7 Å². The van der Waals surface area contributed by atoms with E-state index in [0.29, 0.717) is 22.3 Å². The van der Waals surface area contributed by atoms with Crippen molar-refractivity contribution in [2.24, 2.45) is 0 Å². The van der Waals surface area contributed by atoms with Crippen molar-refractivity contribution in [2.45, 2.75) is 11.9 Å². The lowest BCUT2D eigenvalue weighted by atomic mass is 10.1. The summed E-state index contributed by atoms with van der Waals surface area (Å²) in [6.45, 7) is 0.455. The number of carbonyl (C=O) groups excluding carboxylic acids is 2. The molecule has 2 heterocycles. The lowest BCUT2D eigenvalue weighted by Crippen LogP contribution is -2.27. The molecule has 4 rings (SSSR count). The molecule has 1 atom stereocenters. The fraction of sp³-hybridized carbons (Fsp3) is 0.150. The fourth-order valence-electron chi connectivity index (χ4n) is 3.05. The number of nitrogens with one attached hydrogen (secondary N) is 1. The fourth-order valence-corrected chi connectivity index (χ4v) is 4.84. The van der Waals surface area contributed by atoms with Crippen molar-refractivity contribution in [3.05, 3.63) is 81.8 Å².